The first-order valence-corrected chi connectivity index (χ1v) is 12.6. The molecule has 0 atom stereocenters. The Hall–Kier alpha value is -4.78. The molecule has 0 spiro atoms. The molecule has 0 aliphatic carbocycles. The summed E-state index contributed by atoms with van der Waals surface area (Å²) >= 11 is 0. The highest BCUT2D eigenvalue weighted by Crippen LogP contribution is 2.17. The molecule has 4 rings (SSSR count). The van der Waals surface area contributed by atoms with Crippen LogP contribution < -0.4 is 20.3 Å². The zero-order chi connectivity index (χ0) is 29.0. The molecule has 40 heavy (non-hydrogen) atoms. The van der Waals surface area contributed by atoms with Gasteiger partial charge in [-0.1, -0.05) is 0 Å². The van der Waals surface area contributed by atoms with Crippen LogP contribution in [0.4, 0.5) is 0 Å². The predicted molar refractivity (Wildman–Crippen MR) is 146 cm³/mol. The van der Waals surface area contributed by atoms with E-state index in [-0.39, 0.29) is 21.9 Å². The molecule has 0 unspecified atom stereocenters. The molecular formula is C27H29N5O8. The highest BCUT2D eigenvalue weighted by molar-refractivity contribution is 5.92. The summed E-state index contributed by atoms with van der Waals surface area (Å²) in [5.74, 6) is -1.94. The van der Waals surface area contributed by atoms with Gasteiger partial charge in [-0.3, -0.25) is 14.5 Å². The minimum Gasteiger partial charge on any atom is -0.477 e. The Kier molecular flexibility index (Phi) is 8.43. The molecule has 13 nitrogen and oxygen atoms in total. The number of nitrogens with zero attached hydrogens (tertiary/aromatic N) is 5. The van der Waals surface area contributed by atoms with Crippen LogP contribution >= 0.6 is 0 Å². The molecule has 0 aromatic carbocycles. The average molecular weight is 552 g/mol. The van der Waals surface area contributed by atoms with Gasteiger partial charge in [-0.2, -0.15) is 9.97 Å². The fourth-order valence-electron chi connectivity index (χ4n) is 4.17. The van der Waals surface area contributed by atoms with Crippen LogP contribution in [0.25, 0.3) is 22.1 Å². The molecule has 4 heterocycles. The third-order valence-corrected chi connectivity index (χ3v) is 6.38. The first-order valence-electron chi connectivity index (χ1n) is 12.6. The average Bonchev–Trinajstić information content (AvgIpc) is 2.93. The van der Waals surface area contributed by atoms with Gasteiger partial charge in [-0.25, -0.2) is 9.59 Å². The van der Waals surface area contributed by atoms with Gasteiger partial charge in [0.15, 0.2) is 0 Å². The summed E-state index contributed by atoms with van der Waals surface area (Å²) in [7, 11) is 1.89. The summed E-state index contributed by atoms with van der Waals surface area (Å²) in [6, 6.07) is 6.12. The molecule has 0 saturated carbocycles. The summed E-state index contributed by atoms with van der Waals surface area (Å²) < 4.78 is 14.7. The van der Waals surface area contributed by atoms with Crippen LogP contribution in [0.15, 0.2) is 46.2 Å². The normalized spacial score (nSPS) is 11.3. The molecule has 0 aliphatic heterocycles. The van der Waals surface area contributed by atoms with Crippen LogP contribution in [0.3, 0.4) is 0 Å². The molecular weight excluding hydrogens is 522 g/mol. The highest BCUT2D eigenvalue weighted by atomic mass is 16.5. The van der Waals surface area contributed by atoms with Gasteiger partial charge in [-0.05, 0) is 33.0 Å². The highest BCUT2D eigenvalue weighted by Gasteiger charge is 2.17. The van der Waals surface area contributed by atoms with Gasteiger partial charge in [0, 0.05) is 50.7 Å². The molecule has 0 amide bonds. The maximum absolute atomic E-state index is 12.5. The van der Waals surface area contributed by atoms with Crippen molar-refractivity contribution in [1.29, 1.82) is 0 Å². The molecule has 0 fully saturated rings. The molecule has 0 saturated heterocycles. The molecule has 4 aromatic heterocycles. The number of aromatic carboxylic acids is 2. The van der Waals surface area contributed by atoms with Gasteiger partial charge in [0.1, 0.15) is 35.6 Å². The van der Waals surface area contributed by atoms with Crippen LogP contribution in [0.1, 0.15) is 34.6 Å². The second-order valence-electron chi connectivity index (χ2n) is 8.97. The van der Waals surface area contributed by atoms with Crippen LogP contribution in [0.2, 0.25) is 0 Å². The zero-order valence-corrected chi connectivity index (χ0v) is 22.3. The second-order valence-corrected chi connectivity index (χ2v) is 8.97. The smallest absolute Gasteiger partial charge is 0.341 e. The SMILES string of the molecule is CCn1cc(C(=O)O)c(=O)c2ccc(OCCN(C)CCOc3ccc4c(=O)c(C(=O)O)cn(CC)c4n3)nc21. The number of aryl methyl sites for hydroxylation is 2. The molecule has 0 aliphatic rings. The molecule has 210 valence electrons. The zero-order valence-electron chi connectivity index (χ0n) is 22.3. The maximum atomic E-state index is 12.5. The lowest BCUT2D eigenvalue weighted by atomic mass is 10.2. The number of likely N-dealkylation sites (N-methyl/N-ethyl adjacent to an activating group) is 1. The van der Waals surface area contributed by atoms with E-state index in [1.165, 1.54) is 24.5 Å². The van der Waals surface area contributed by atoms with E-state index in [1.807, 2.05) is 25.8 Å². The first-order chi connectivity index (χ1) is 19.1. The Morgan fingerprint density at radius 2 is 1.18 bits per heavy atom. The third-order valence-electron chi connectivity index (χ3n) is 6.38. The van der Waals surface area contributed by atoms with E-state index in [2.05, 4.69) is 9.97 Å². The van der Waals surface area contributed by atoms with Crippen molar-refractivity contribution in [3.63, 3.8) is 0 Å². The quantitative estimate of drug-likeness (QED) is 0.264. The number of carboxylic acid groups (broad SMARTS) is 2. The van der Waals surface area contributed by atoms with Crippen molar-refractivity contribution in [3.05, 3.63) is 68.2 Å². The first kappa shape index (κ1) is 28.2. The summed E-state index contributed by atoms with van der Waals surface area (Å²) in [6.07, 6.45) is 2.58. The fourth-order valence-corrected chi connectivity index (χ4v) is 4.17. The molecule has 0 radical (unpaired) electrons. The number of pyridine rings is 4. The number of hydrogen-bond donors (Lipinski definition) is 2. The lowest BCUT2D eigenvalue weighted by Crippen LogP contribution is -2.29. The number of fused-ring (bicyclic) bond motifs is 2. The Morgan fingerprint density at radius 3 is 1.52 bits per heavy atom. The van der Waals surface area contributed by atoms with Crippen molar-refractivity contribution in [2.24, 2.45) is 0 Å². The Labute approximate surface area is 227 Å². The summed E-state index contributed by atoms with van der Waals surface area (Å²) in [5.41, 5.74) is -1.08. The minimum atomic E-state index is -1.28. The molecule has 13 heteroatoms. The van der Waals surface area contributed by atoms with Crippen molar-refractivity contribution >= 4 is 34.0 Å². The van der Waals surface area contributed by atoms with Crippen LogP contribution in [-0.4, -0.2) is 79.5 Å². The Morgan fingerprint density at radius 1 is 0.775 bits per heavy atom. The van der Waals surface area contributed by atoms with Gasteiger partial charge < -0.3 is 28.8 Å². The van der Waals surface area contributed by atoms with Crippen molar-refractivity contribution in [2.45, 2.75) is 26.9 Å². The van der Waals surface area contributed by atoms with Crippen molar-refractivity contribution in [3.8, 4) is 11.8 Å². The summed E-state index contributed by atoms with van der Waals surface area (Å²) in [6.45, 7) is 6.22. The topological polar surface area (TPSA) is 166 Å². The largest absolute Gasteiger partial charge is 0.477 e. The van der Waals surface area contributed by atoms with E-state index < -0.39 is 22.8 Å². The number of carbonyl (C=O) groups is 2. The Bertz CT molecular complexity index is 1590. The molecule has 4 aromatic rings. The van der Waals surface area contributed by atoms with Gasteiger partial charge in [0.2, 0.25) is 22.6 Å². The lowest BCUT2D eigenvalue weighted by Gasteiger charge is -2.17. The maximum Gasteiger partial charge on any atom is 0.341 e. The van der Waals surface area contributed by atoms with Crippen LogP contribution in [0.5, 0.6) is 11.8 Å². The minimum absolute atomic E-state index is 0.212. The van der Waals surface area contributed by atoms with E-state index in [1.54, 1.807) is 21.3 Å². The van der Waals surface area contributed by atoms with Crippen LogP contribution in [-0.2, 0) is 13.1 Å². The summed E-state index contributed by atoms with van der Waals surface area (Å²) in [5, 5.41) is 19.0. The second kappa shape index (κ2) is 11.9. The third kappa shape index (κ3) is 5.78. The monoisotopic (exact) mass is 551 g/mol. The van der Waals surface area contributed by atoms with Gasteiger partial charge in [0.05, 0.1) is 10.8 Å². The number of aromatic nitrogens is 4. The molecule has 0 bridgehead atoms. The standard InChI is InChI=1S/C27H29N5O8/c1-4-31-14-18(26(35)36)22(33)16-6-8-20(28-24(16)31)39-12-10-30(3)11-13-40-21-9-7-17-23(34)19(27(37)38)15-32(5-2)25(17)29-21/h6-9,14-15H,4-5,10-13H2,1-3H3,(H,35,36)(H,37,38). The lowest BCUT2D eigenvalue weighted by molar-refractivity contribution is 0.0684. The van der Waals surface area contributed by atoms with E-state index in [4.69, 9.17) is 9.47 Å². The van der Waals surface area contributed by atoms with Crippen molar-refractivity contribution in [2.75, 3.05) is 33.4 Å². The number of hydrogen-bond acceptors (Lipinski definition) is 9. The number of ether oxygens (including phenoxy) is 2. The van der Waals surface area contributed by atoms with E-state index in [9.17, 15) is 29.4 Å². The predicted octanol–water partition coefficient (Wildman–Crippen LogP) is 1.93. The fraction of sp³-hybridized carbons (Fsp3) is 0.333. The number of carboxylic acids is 2. The van der Waals surface area contributed by atoms with Gasteiger partial charge in [0.25, 0.3) is 0 Å². The van der Waals surface area contributed by atoms with E-state index in [0.29, 0.717) is 62.4 Å². The molecule has 2 N–H and O–H groups in total. The van der Waals surface area contributed by atoms with Gasteiger partial charge >= 0.3 is 11.9 Å². The van der Waals surface area contributed by atoms with E-state index in [0.717, 1.165) is 0 Å². The van der Waals surface area contributed by atoms with Crippen molar-refractivity contribution < 1.29 is 29.3 Å². The van der Waals surface area contributed by atoms with Crippen LogP contribution in [0, 0.1) is 0 Å². The van der Waals surface area contributed by atoms with E-state index >= 15 is 0 Å². The van der Waals surface area contributed by atoms with Crippen molar-refractivity contribution in [1.82, 2.24) is 24.0 Å². The Balaban J connectivity index is 1.34. The summed E-state index contributed by atoms with van der Waals surface area (Å²) in [4.78, 5) is 58.5. The van der Waals surface area contributed by atoms with Gasteiger partial charge in [-0.15, -0.1) is 0 Å². The number of rotatable bonds is 12.